The van der Waals surface area contributed by atoms with Gasteiger partial charge in [0.1, 0.15) is 0 Å². The molecule has 2 aromatic rings. The third kappa shape index (κ3) is 3.40. The number of amides is 2. The molecule has 1 aliphatic rings. The predicted octanol–water partition coefficient (Wildman–Crippen LogP) is 2.16. The molecule has 24 heavy (non-hydrogen) atoms. The fraction of sp³-hybridized carbons (Fsp3) is 0.176. The van der Waals surface area contributed by atoms with Crippen molar-refractivity contribution >= 4 is 17.5 Å². The second-order valence-corrected chi connectivity index (χ2v) is 5.61. The van der Waals surface area contributed by atoms with E-state index in [1.807, 2.05) is 30.3 Å². The summed E-state index contributed by atoms with van der Waals surface area (Å²) in [7, 11) is 0. The zero-order valence-corrected chi connectivity index (χ0v) is 12.6. The van der Waals surface area contributed by atoms with Crippen molar-refractivity contribution in [1.82, 2.24) is 10.9 Å². The second-order valence-electron chi connectivity index (χ2n) is 5.61. The Bertz CT molecular complexity index is 791. The maximum atomic E-state index is 12.1. The molecule has 122 valence electrons. The summed E-state index contributed by atoms with van der Waals surface area (Å²) in [5.74, 6) is -0.856. The molecule has 1 aliphatic carbocycles. The van der Waals surface area contributed by atoms with Gasteiger partial charge >= 0.3 is 0 Å². The molecule has 2 aromatic carbocycles. The van der Waals surface area contributed by atoms with Gasteiger partial charge in [-0.15, -0.1) is 0 Å². The van der Waals surface area contributed by atoms with Crippen LogP contribution >= 0.6 is 0 Å². The summed E-state index contributed by atoms with van der Waals surface area (Å²) in [5.41, 5.74) is 5.71. The summed E-state index contributed by atoms with van der Waals surface area (Å²) < 4.78 is 0. The van der Waals surface area contributed by atoms with E-state index >= 15 is 0 Å². The average Bonchev–Trinajstić information content (AvgIpc) is 3.41. The van der Waals surface area contributed by atoms with Gasteiger partial charge in [-0.05, 0) is 24.0 Å². The van der Waals surface area contributed by atoms with Gasteiger partial charge in [-0.2, -0.15) is 0 Å². The van der Waals surface area contributed by atoms with Gasteiger partial charge in [0.05, 0.1) is 4.92 Å². The number of carbonyl (C=O) groups excluding carboxylic acids is 2. The molecule has 1 saturated carbocycles. The number of nitrogens with zero attached hydrogens (tertiary/aromatic N) is 1. The summed E-state index contributed by atoms with van der Waals surface area (Å²) in [6.07, 6.45) is 0.739. The largest absolute Gasteiger partial charge is 0.273 e. The van der Waals surface area contributed by atoms with Crippen molar-refractivity contribution in [2.24, 2.45) is 5.92 Å². The number of carbonyl (C=O) groups is 2. The molecule has 0 radical (unpaired) electrons. The number of nitrogens with one attached hydrogen (secondary N) is 2. The van der Waals surface area contributed by atoms with Crippen LogP contribution in [-0.4, -0.2) is 16.7 Å². The molecule has 3 rings (SSSR count). The van der Waals surface area contributed by atoms with E-state index in [1.54, 1.807) is 0 Å². The van der Waals surface area contributed by atoms with Crippen LogP contribution in [0.15, 0.2) is 54.6 Å². The fourth-order valence-corrected chi connectivity index (χ4v) is 2.60. The number of nitro benzene ring substituents is 1. The number of rotatable bonds is 4. The first kappa shape index (κ1) is 15.7. The first-order chi connectivity index (χ1) is 11.6. The van der Waals surface area contributed by atoms with Crippen LogP contribution in [0.3, 0.4) is 0 Å². The Morgan fingerprint density at radius 3 is 2.50 bits per heavy atom. The number of hydrogen-bond donors (Lipinski definition) is 2. The third-order valence-electron chi connectivity index (χ3n) is 3.97. The van der Waals surface area contributed by atoms with Gasteiger partial charge in [-0.3, -0.25) is 30.6 Å². The minimum absolute atomic E-state index is 0.111. The molecular formula is C17H15N3O4. The molecule has 2 atom stereocenters. The van der Waals surface area contributed by atoms with Gasteiger partial charge in [0, 0.05) is 23.6 Å². The van der Waals surface area contributed by atoms with Gasteiger partial charge < -0.3 is 0 Å². The van der Waals surface area contributed by atoms with E-state index in [0.717, 1.165) is 18.1 Å². The lowest BCUT2D eigenvalue weighted by Crippen LogP contribution is -2.42. The molecule has 7 heteroatoms. The predicted molar refractivity (Wildman–Crippen MR) is 86.0 cm³/mol. The highest BCUT2D eigenvalue weighted by Gasteiger charge is 2.43. The van der Waals surface area contributed by atoms with Crippen LogP contribution in [0.4, 0.5) is 5.69 Å². The Labute approximate surface area is 137 Å². The number of nitro groups is 1. The highest BCUT2D eigenvalue weighted by molar-refractivity contribution is 5.96. The van der Waals surface area contributed by atoms with E-state index in [9.17, 15) is 19.7 Å². The highest BCUT2D eigenvalue weighted by atomic mass is 16.6. The van der Waals surface area contributed by atoms with Crippen LogP contribution < -0.4 is 10.9 Å². The number of hydrazine groups is 1. The molecule has 2 amide bonds. The maximum Gasteiger partial charge on any atom is 0.270 e. The van der Waals surface area contributed by atoms with Crippen molar-refractivity contribution in [3.8, 4) is 0 Å². The molecule has 2 N–H and O–H groups in total. The van der Waals surface area contributed by atoms with Crippen LogP contribution in [0.2, 0.25) is 0 Å². The monoisotopic (exact) mass is 325 g/mol. The van der Waals surface area contributed by atoms with Crippen molar-refractivity contribution in [2.75, 3.05) is 0 Å². The average molecular weight is 325 g/mol. The zero-order chi connectivity index (χ0) is 17.1. The number of benzene rings is 2. The molecule has 0 spiro atoms. The number of non-ortho nitro benzene ring substituents is 1. The van der Waals surface area contributed by atoms with Crippen molar-refractivity contribution in [3.05, 3.63) is 75.8 Å². The molecular weight excluding hydrogens is 310 g/mol. The van der Waals surface area contributed by atoms with E-state index in [2.05, 4.69) is 10.9 Å². The molecule has 0 aliphatic heterocycles. The minimum Gasteiger partial charge on any atom is -0.273 e. The lowest BCUT2D eigenvalue weighted by atomic mass is 10.1. The second kappa shape index (κ2) is 6.49. The lowest BCUT2D eigenvalue weighted by Gasteiger charge is -2.07. The van der Waals surface area contributed by atoms with Crippen molar-refractivity contribution in [3.63, 3.8) is 0 Å². The molecule has 0 bridgehead atoms. The van der Waals surface area contributed by atoms with E-state index in [-0.39, 0.29) is 29.0 Å². The van der Waals surface area contributed by atoms with Gasteiger partial charge in [-0.1, -0.05) is 36.4 Å². The first-order valence-electron chi connectivity index (χ1n) is 7.46. The van der Waals surface area contributed by atoms with E-state index in [4.69, 9.17) is 0 Å². The number of hydrogen-bond acceptors (Lipinski definition) is 4. The standard InChI is InChI=1S/C17H15N3O4/c21-16(12-7-4-8-13(9-12)20(23)24)18-19-17(22)15-10-14(15)11-5-2-1-3-6-11/h1-9,14-15H,10H2,(H,18,21)(H,19,22)/t14-,15+/m1/s1. The summed E-state index contributed by atoms with van der Waals surface area (Å²) >= 11 is 0. The molecule has 0 saturated heterocycles. The Hall–Kier alpha value is -3.22. The molecule has 7 nitrogen and oxygen atoms in total. The summed E-state index contributed by atoms with van der Waals surface area (Å²) in [5, 5.41) is 10.7. The summed E-state index contributed by atoms with van der Waals surface area (Å²) in [6, 6.07) is 15.0. The maximum absolute atomic E-state index is 12.1. The Morgan fingerprint density at radius 2 is 1.79 bits per heavy atom. The molecule has 0 unspecified atom stereocenters. The van der Waals surface area contributed by atoms with Crippen LogP contribution in [0.1, 0.15) is 28.3 Å². The van der Waals surface area contributed by atoms with E-state index < -0.39 is 10.8 Å². The molecule has 0 heterocycles. The van der Waals surface area contributed by atoms with Crippen molar-refractivity contribution in [2.45, 2.75) is 12.3 Å². The van der Waals surface area contributed by atoms with Crippen LogP contribution in [0, 0.1) is 16.0 Å². The summed E-state index contributed by atoms with van der Waals surface area (Å²) in [4.78, 5) is 34.2. The Balaban J connectivity index is 1.55. The van der Waals surface area contributed by atoms with Crippen molar-refractivity contribution < 1.29 is 14.5 Å². The Kier molecular flexibility index (Phi) is 4.24. The van der Waals surface area contributed by atoms with Crippen molar-refractivity contribution in [1.29, 1.82) is 0 Å². The lowest BCUT2D eigenvalue weighted by molar-refractivity contribution is -0.384. The Morgan fingerprint density at radius 1 is 1.04 bits per heavy atom. The zero-order valence-electron chi connectivity index (χ0n) is 12.6. The van der Waals surface area contributed by atoms with Gasteiger partial charge in [0.15, 0.2) is 0 Å². The van der Waals surface area contributed by atoms with E-state index in [0.29, 0.717) is 0 Å². The fourth-order valence-electron chi connectivity index (χ4n) is 2.60. The third-order valence-corrected chi connectivity index (χ3v) is 3.97. The first-order valence-corrected chi connectivity index (χ1v) is 7.46. The quantitative estimate of drug-likeness (QED) is 0.664. The molecule has 0 aromatic heterocycles. The van der Waals surface area contributed by atoms with Crippen LogP contribution in [-0.2, 0) is 4.79 Å². The van der Waals surface area contributed by atoms with Gasteiger partial charge in [0.25, 0.3) is 11.6 Å². The summed E-state index contributed by atoms with van der Waals surface area (Å²) in [6.45, 7) is 0. The van der Waals surface area contributed by atoms with Crippen LogP contribution in [0.25, 0.3) is 0 Å². The topological polar surface area (TPSA) is 101 Å². The van der Waals surface area contributed by atoms with E-state index in [1.165, 1.54) is 18.2 Å². The highest BCUT2D eigenvalue weighted by Crippen LogP contribution is 2.47. The smallest absolute Gasteiger partial charge is 0.270 e. The van der Waals surface area contributed by atoms with Gasteiger partial charge in [-0.25, -0.2) is 0 Å². The SMILES string of the molecule is O=C(NNC(=O)[C@H]1C[C@@H]1c1ccccc1)c1cccc([N+](=O)[O-])c1. The minimum atomic E-state index is -0.594. The van der Waals surface area contributed by atoms with Crippen LogP contribution in [0.5, 0.6) is 0 Å². The normalized spacial score (nSPS) is 18.5. The van der Waals surface area contributed by atoms with Gasteiger partial charge in [0.2, 0.25) is 5.91 Å². The molecule has 1 fully saturated rings.